The van der Waals surface area contributed by atoms with E-state index in [0.717, 1.165) is 22.4 Å². The Morgan fingerprint density at radius 1 is 0.829 bits per heavy atom. The van der Waals surface area contributed by atoms with Crippen LogP contribution in [0.25, 0.3) is 0 Å². The van der Waals surface area contributed by atoms with Gasteiger partial charge in [0, 0.05) is 50.3 Å². The number of aryl methyl sites for hydroxylation is 1. The summed E-state index contributed by atoms with van der Waals surface area (Å²) in [5.74, 6) is -0.582. The summed E-state index contributed by atoms with van der Waals surface area (Å²) in [4.78, 5) is 30.9. The first-order valence-electron chi connectivity index (χ1n) is 14.1. The van der Waals surface area contributed by atoms with Crippen LogP contribution in [0.5, 0.6) is 0 Å². The third-order valence-electron chi connectivity index (χ3n) is 6.94. The molecular weight excluding hydrogens is 517 g/mol. The van der Waals surface area contributed by atoms with E-state index in [1.54, 1.807) is 21.9 Å². The fourth-order valence-electron chi connectivity index (χ4n) is 4.66. The molecule has 1 aromatic heterocycles. The molecule has 7 heteroatoms. The number of ether oxygens (including phenoxy) is 1. The second-order valence-corrected chi connectivity index (χ2v) is 10.1. The van der Waals surface area contributed by atoms with Crippen LogP contribution in [0.2, 0.25) is 0 Å². The maximum atomic E-state index is 13.9. The number of carbonyl (C=O) groups is 2. The van der Waals surface area contributed by atoms with Gasteiger partial charge in [0.15, 0.2) is 0 Å². The minimum atomic E-state index is -0.271. The molecule has 4 aromatic rings. The van der Waals surface area contributed by atoms with Crippen LogP contribution >= 0.6 is 0 Å². The summed E-state index contributed by atoms with van der Waals surface area (Å²) in [6.45, 7) is 6.76. The van der Waals surface area contributed by atoms with Crippen LogP contribution in [0.3, 0.4) is 0 Å². The van der Waals surface area contributed by atoms with Crippen LogP contribution in [0.1, 0.15) is 46.1 Å². The summed E-state index contributed by atoms with van der Waals surface area (Å²) in [5, 5.41) is 0. The zero-order chi connectivity index (χ0) is 29.0. The zero-order valence-electron chi connectivity index (χ0n) is 23.8. The molecule has 0 bridgehead atoms. The highest BCUT2D eigenvalue weighted by molar-refractivity contribution is 5.96. The minimum Gasteiger partial charge on any atom is -0.382 e. The molecule has 0 aliphatic carbocycles. The van der Waals surface area contributed by atoms with E-state index in [-0.39, 0.29) is 24.2 Å². The van der Waals surface area contributed by atoms with Gasteiger partial charge in [-0.2, -0.15) is 0 Å². The van der Waals surface area contributed by atoms with Crippen molar-refractivity contribution in [3.05, 3.63) is 131 Å². The average Bonchev–Trinajstić information content (AvgIpc) is 3.42. The van der Waals surface area contributed by atoms with E-state index in [1.807, 2.05) is 86.8 Å². The van der Waals surface area contributed by atoms with Gasteiger partial charge in [-0.3, -0.25) is 9.59 Å². The minimum absolute atomic E-state index is 0.0374. The van der Waals surface area contributed by atoms with E-state index in [2.05, 4.69) is 4.57 Å². The molecule has 6 nitrogen and oxygen atoms in total. The highest BCUT2D eigenvalue weighted by atomic mass is 19.1. The zero-order valence-corrected chi connectivity index (χ0v) is 23.8. The molecule has 0 unspecified atom stereocenters. The Kier molecular flexibility index (Phi) is 10.9. The Morgan fingerprint density at radius 2 is 1.56 bits per heavy atom. The van der Waals surface area contributed by atoms with E-state index >= 15 is 0 Å². The Labute approximate surface area is 242 Å². The highest BCUT2D eigenvalue weighted by Crippen LogP contribution is 2.16. The largest absolute Gasteiger partial charge is 0.382 e. The van der Waals surface area contributed by atoms with Gasteiger partial charge >= 0.3 is 0 Å². The molecule has 0 atom stereocenters. The van der Waals surface area contributed by atoms with E-state index < -0.39 is 0 Å². The third kappa shape index (κ3) is 8.88. The summed E-state index contributed by atoms with van der Waals surface area (Å²) >= 11 is 0. The first kappa shape index (κ1) is 29.7. The maximum absolute atomic E-state index is 13.9. The number of nitrogens with zero attached hydrogens (tertiary/aromatic N) is 3. The van der Waals surface area contributed by atoms with E-state index in [0.29, 0.717) is 51.4 Å². The molecule has 2 amide bonds. The lowest BCUT2D eigenvalue weighted by atomic mass is 10.1. The van der Waals surface area contributed by atoms with E-state index in [4.69, 9.17) is 4.74 Å². The molecule has 0 spiro atoms. The second kappa shape index (κ2) is 15.0. The number of halogens is 1. The van der Waals surface area contributed by atoms with Gasteiger partial charge in [-0.1, -0.05) is 60.2 Å². The Bertz CT molecular complexity index is 1390. The highest BCUT2D eigenvalue weighted by Gasteiger charge is 2.23. The van der Waals surface area contributed by atoms with Crippen molar-refractivity contribution >= 4 is 11.8 Å². The van der Waals surface area contributed by atoms with Crippen LogP contribution in [0, 0.1) is 12.7 Å². The number of hydrogen-bond donors (Lipinski definition) is 0. The van der Waals surface area contributed by atoms with Gasteiger partial charge in [0.05, 0.1) is 6.54 Å². The van der Waals surface area contributed by atoms with Crippen molar-refractivity contribution in [2.24, 2.45) is 0 Å². The van der Waals surface area contributed by atoms with Crippen LogP contribution in [0.4, 0.5) is 4.39 Å². The number of hydrogen-bond acceptors (Lipinski definition) is 3. The predicted octanol–water partition coefficient (Wildman–Crippen LogP) is 6.08. The van der Waals surface area contributed by atoms with Crippen molar-refractivity contribution in [2.45, 2.75) is 39.9 Å². The average molecular weight is 556 g/mol. The lowest BCUT2D eigenvalue weighted by molar-refractivity contribution is -0.133. The van der Waals surface area contributed by atoms with Crippen molar-refractivity contribution in [2.75, 3.05) is 26.3 Å². The maximum Gasteiger partial charge on any atom is 0.254 e. The summed E-state index contributed by atoms with van der Waals surface area (Å²) < 4.78 is 21.0. The van der Waals surface area contributed by atoms with Crippen molar-refractivity contribution < 1.29 is 18.7 Å². The summed E-state index contributed by atoms with van der Waals surface area (Å²) in [7, 11) is 0. The third-order valence-corrected chi connectivity index (χ3v) is 6.94. The van der Waals surface area contributed by atoms with E-state index in [9.17, 15) is 14.0 Å². The van der Waals surface area contributed by atoms with Gasteiger partial charge in [-0.25, -0.2) is 4.39 Å². The number of carbonyl (C=O) groups excluding carboxylic acids is 2. The van der Waals surface area contributed by atoms with Crippen molar-refractivity contribution in [1.29, 1.82) is 0 Å². The van der Waals surface area contributed by atoms with Crippen LogP contribution in [-0.2, 0) is 29.2 Å². The number of rotatable bonds is 14. The van der Waals surface area contributed by atoms with Crippen molar-refractivity contribution in [1.82, 2.24) is 14.4 Å². The molecule has 0 radical (unpaired) electrons. The lowest BCUT2D eigenvalue weighted by Gasteiger charge is -2.28. The van der Waals surface area contributed by atoms with Crippen LogP contribution in [0.15, 0.2) is 97.2 Å². The Hall–Kier alpha value is -4.23. The number of aromatic nitrogens is 1. The normalized spacial score (nSPS) is 10.9. The molecule has 214 valence electrons. The molecule has 0 saturated carbocycles. The monoisotopic (exact) mass is 555 g/mol. The fraction of sp³-hybridized carbons (Fsp3) is 0.294. The second-order valence-electron chi connectivity index (χ2n) is 10.1. The molecule has 0 saturated heterocycles. The smallest absolute Gasteiger partial charge is 0.254 e. The summed E-state index contributed by atoms with van der Waals surface area (Å²) in [6.07, 6.45) is 2.60. The van der Waals surface area contributed by atoms with Gasteiger partial charge in [0.25, 0.3) is 5.91 Å². The van der Waals surface area contributed by atoms with Gasteiger partial charge < -0.3 is 19.1 Å². The van der Waals surface area contributed by atoms with Crippen LogP contribution < -0.4 is 0 Å². The van der Waals surface area contributed by atoms with E-state index in [1.165, 1.54) is 12.1 Å². The number of amides is 2. The van der Waals surface area contributed by atoms with Gasteiger partial charge in [-0.05, 0) is 67.8 Å². The summed E-state index contributed by atoms with van der Waals surface area (Å²) in [6, 6.07) is 27.7. The Morgan fingerprint density at radius 3 is 2.27 bits per heavy atom. The molecule has 41 heavy (non-hydrogen) atoms. The van der Waals surface area contributed by atoms with Crippen molar-refractivity contribution in [3.63, 3.8) is 0 Å². The van der Waals surface area contributed by atoms with Gasteiger partial charge in [-0.15, -0.1) is 0 Å². The molecule has 0 fully saturated rings. The first-order chi connectivity index (χ1) is 19.9. The standard InChI is InChI=1S/C34H38FN3O3/c1-3-41-22-8-21-37(34(40)30-16-12-27(2)13-17-30)26-33(39)38(24-28-9-5-4-6-10-28)25-32-11-7-20-36(32)23-29-14-18-31(35)19-15-29/h4-7,9-20H,3,8,21-26H2,1-2H3. The molecule has 4 rings (SSSR count). The molecule has 1 heterocycles. The predicted molar refractivity (Wildman–Crippen MR) is 159 cm³/mol. The quantitative estimate of drug-likeness (QED) is 0.177. The van der Waals surface area contributed by atoms with Crippen molar-refractivity contribution in [3.8, 4) is 0 Å². The fourth-order valence-corrected chi connectivity index (χ4v) is 4.66. The molecule has 3 aromatic carbocycles. The van der Waals surface area contributed by atoms with Gasteiger partial charge in [0.1, 0.15) is 12.4 Å². The Balaban J connectivity index is 1.55. The van der Waals surface area contributed by atoms with Crippen LogP contribution in [-0.4, -0.2) is 52.5 Å². The topological polar surface area (TPSA) is 54.8 Å². The number of benzene rings is 3. The molecular formula is C34H38FN3O3. The molecule has 0 aliphatic heterocycles. The lowest BCUT2D eigenvalue weighted by Crippen LogP contribution is -2.43. The van der Waals surface area contributed by atoms with Gasteiger partial charge in [0.2, 0.25) is 5.91 Å². The first-order valence-corrected chi connectivity index (χ1v) is 14.1. The molecule has 0 aliphatic rings. The molecule has 0 N–H and O–H groups in total. The SMILES string of the molecule is CCOCCCN(CC(=O)N(Cc1ccccc1)Cc1cccn1Cc1ccc(F)cc1)C(=O)c1ccc(C)cc1. The summed E-state index contributed by atoms with van der Waals surface area (Å²) in [5.41, 5.74) is 4.55.